The van der Waals surface area contributed by atoms with Crippen molar-refractivity contribution in [2.45, 2.75) is 44.9 Å². The molecule has 0 heterocycles. The van der Waals surface area contributed by atoms with E-state index >= 15 is 0 Å². The summed E-state index contributed by atoms with van der Waals surface area (Å²) in [5.41, 5.74) is 2.09. The van der Waals surface area contributed by atoms with E-state index in [9.17, 15) is 9.18 Å². The molecule has 0 aliphatic heterocycles. The van der Waals surface area contributed by atoms with Gasteiger partial charge in [-0.25, -0.2) is 9.18 Å². The quantitative estimate of drug-likeness (QED) is 0.732. The number of allylic oxidation sites excluding steroid dienone is 1. The molecule has 1 aromatic rings. The van der Waals surface area contributed by atoms with Gasteiger partial charge < -0.3 is 4.74 Å². The summed E-state index contributed by atoms with van der Waals surface area (Å²) >= 11 is 6.14. The molecule has 0 aromatic heterocycles. The standard InChI is InChI=1S/C19H20ClFO2/c20-16-10-14(21)9-13-1-2-15(17(13)16)18(22)23-11-19-6-3-12(4-7-19)5-8-19/h2,9-10,12H,1,3-8,11H2. The molecule has 0 spiro atoms. The van der Waals surface area contributed by atoms with Crippen molar-refractivity contribution in [3.63, 3.8) is 0 Å². The van der Waals surface area contributed by atoms with Crippen molar-refractivity contribution in [1.82, 2.24) is 0 Å². The van der Waals surface area contributed by atoms with Crippen molar-refractivity contribution in [1.29, 1.82) is 0 Å². The molecule has 0 N–H and O–H groups in total. The summed E-state index contributed by atoms with van der Waals surface area (Å²) in [5, 5.41) is 0.289. The third kappa shape index (κ3) is 2.69. The zero-order chi connectivity index (χ0) is 16.0. The first-order chi connectivity index (χ1) is 11.1. The molecule has 2 bridgehead atoms. The zero-order valence-electron chi connectivity index (χ0n) is 13.0. The maximum absolute atomic E-state index is 13.4. The van der Waals surface area contributed by atoms with Crippen LogP contribution in [0.4, 0.5) is 4.39 Å². The Morgan fingerprint density at radius 2 is 1.96 bits per heavy atom. The second-order valence-electron chi connectivity index (χ2n) is 7.30. The Kier molecular flexibility index (Phi) is 3.72. The molecule has 0 atom stereocenters. The van der Waals surface area contributed by atoms with Crippen molar-refractivity contribution in [3.05, 3.63) is 40.2 Å². The van der Waals surface area contributed by atoms with Gasteiger partial charge >= 0.3 is 5.97 Å². The molecule has 23 heavy (non-hydrogen) atoms. The van der Waals surface area contributed by atoms with Gasteiger partial charge in [-0.05, 0) is 68.6 Å². The van der Waals surface area contributed by atoms with Gasteiger partial charge in [0.1, 0.15) is 5.82 Å². The topological polar surface area (TPSA) is 26.3 Å². The number of carbonyl (C=O) groups excluding carboxylic acids is 1. The Balaban J connectivity index is 1.47. The fraction of sp³-hybridized carbons (Fsp3) is 0.526. The average molecular weight is 335 g/mol. The SMILES string of the molecule is O=C(OCC12CCC(CC1)CC2)C1=CCc2cc(F)cc(Cl)c21. The van der Waals surface area contributed by atoms with Crippen LogP contribution in [0.1, 0.15) is 49.7 Å². The number of fused-ring (bicyclic) bond motifs is 4. The highest BCUT2D eigenvalue weighted by atomic mass is 35.5. The van der Waals surface area contributed by atoms with E-state index in [-0.39, 0.29) is 22.2 Å². The minimum absolute atomic E-state index is 0.193. The second kappa shape index (κ2) is 5.62. The molecule has 122 valence electrons. The highest BCUT2D eigenvalue weighted by molar-refractivity contribution is 6.35. The highest BCUT2D eigenvalue weighted by Gasteiger charge is 2.41. The Bertz CT molecular complexity index is 673. The van der Waals surface area contributed by atoms with Gasteiger partial charge in [0.25, 0.3) is 0 Å². The lowest BCUT2D eigenvalue weighted by Crippen LogP contribution is -2.38. The monoisotopic (exact) mass is 334 g/mol. The van der Waals surface area contributed by atoms with Crippen LogP contribution >= 0.6 is 11.6 Å². The van der Waals surface area contributed by atoms with Crippen LogP contribution in [0.2, 0.25) is 5.02 Å². The Hall–Kier alpha value is -1.35. The summed E-state index contributed by atoms with van der Waals surface area (Å²) in [6.07, 6.45) is 9.67. The molecular formula is C19H20ClFO2. The lowest BCUT2D eigenvalue weighted by atomic mass is 9.61. The predicted octanol–water partition coefficient (Wildman–Crippen LogP) is 4.93. The van der Waals surface area contributed by atoms with Gasteiger partial charge in [0.05, 0.1) is 17.2 Å². The number of carbonyl (C=O) groups is 1. The van der Waals surface area contributed by atoms with E-state index in [4.69, 9.17) is 16.3 Å². The van der Waals surface area contributed by atoms with Crippen LogP contribution in [0, 0.1) is 17.2 Å². The van der Waals surface area contributed by atoms with Crippen LogP contribution in [-0.2, 0) is 16.0 Å². The summed E-state index contributed by atoms with van der Waals surface area (Å²) in [7, 11) is 0. The molecule has 0 unspecified atom stereocenters. The van der Waals surface area contributed by atoms with Crippen molar-refractivity contribution < 1.29 is 13.9 Å². The number of hydrogen-bond acceptors (Lipinski definition) is 2. The predicted molar refractivity (Wildman–Crippen MR) is 87.7 cm³/mol. The molecule has 1 aromatic carbocycles. The van der Waals surface area contributed by atoms with E-state index in [0.717, 1.165) is 11.5 Å². The van der Waals surface area contributed by atoms with Crippen LogP contribution < -0.4 is 0 Å². The normalized spacial score (nSPS) is 28.4. The fourth-order valence-corrected chi connectivity index (χ4v) is 4.77. The Morgan fingerprint density at radius 1 is 1.26 bits per heavy atom. The van der Waals surface area contributed by atoms with Crippen LogP contribution in [0.3, 0.4) is 0 Å². The number of ether oxygens (including phenoxy) is 1. The molecule has 2 nitrogen and oxygen atoms in total. The van der Waals surface area contributed by atoms with E-state index in [2.05, 4.69) is 0 Å². The van der Waals surface area contributed by atoms with E-state index in [1.54, 1.807) is 6.08 Å². The first-order valence-electron chi connectivity index (χ1n) is 8.42. The zero-order valence-corrected chi connectivity index (χ0v) is 13.8. The van der Waals surface area contributed by atoms with E-state index < -0.39 is 0 Å². The van der Waals surface area contributed by atoms with Crippen molar-refractivity contribution in [2.24, 2.45) is 11.3 Å². The summed E-state index contributed by atoms with van der Waals surface area (Å²) in [6.45, 7) is 0.504. The highest BCUT2D eigenvalue weighted by Crippen LogP contribution is 2.50. The minimum atomic E-state index is -0.366. The number of hydrogen-bond donors (Lipinski definition) is 0. The van der Waals surface area contributed by atoms with E-state index in [0.29, 0.717) is 24.2 Å². The molecule has 3 fully saturated rings. The van der Waals surface area contributed by atoms with Gasteiger partial charge in [-0.1, -0.05) is 17.7 Å². The third-order valence-electron chi connectivity index (χ3n) is 5.91. The van der Waals surface area contributed by atoms with Crippen LogP contribution in [0.25, 0.3) is 5.57 Å². The van der Waals surface area contributed by atoms with Gasteiger partial charge in [0.15, 0.2) is 0 Å². The smallest absolute Gasteiger partial charge is 0.338 e. The first kappa shape index (κ1) is 15.2. The van der Waals surface area contributed by atoms with Crippen molar-refractivity contribution in [2.75, 3.05) is 6.61 Å². The van der Waals surface area contributed by atoms with E-state index in [1.807, 2.05) is 0 Å². The Labute approximate surface area is 140 Å². The first-order valence-corrected chi connectivity index (χ1v) is 8.80. The number of benzene rings is 1. The molecule has 3 saturated carbocycles. The largest absolute Gasteiger partial charge is 0.461 e. The number of halogens is 2. The summed E-state index contributed by atoms with van der Waals surface area (Å²) in [4.78, 5) is 12.5. The molecule has 0 amide bonds. The molecule has 4 aliphatic rings. The summed E-state index contributed by atoms with van der Waals surface area (Å²) in [5.74, 6) is 0.208. The molecule has 5 rings (SSSR count). The molecule has 4 aliphatic carbocycles. The van der Waals surface area contributed by atoms with Gasteiger partial charge in [-0.3, -0.25) is 0 Å². The number of rotatable bonds is 3. The summed E-state index contributed by atoms with van der Waals surface area (Å²) in [6, 6.07) is 2.70. The molecule has 4 heteroatoms. The van der Waals surface area contributed by atoms with Crippen LogP contribution in [0.15, 0.2) is 18.2 Å². The van der Waals surface area contributed by atoms with Gasteiger partial charge in [-0.15, -0.1) is 0 Å². The van der Waals surface area contributed by atoms with Crippen molar-refractivity contribution in [3.8, 4) is 0 Å². The van der Waals surface area contributed by atoms with E-state index in [1.165, 1.54) is 50.7 Å². The van der Waals surface area contributed by atoms with Crippen LogP contribution in [-0.4, -0.2) is 12.6 Å². The van der Waals surface area contributed by atoms with Gasteiger partial charge in [0, 0.05) is 11.0 Å². The molecule has 0 saturated heterocycles. The molecule has 0 radical (unpaired) electrons. The third-order valence-corrected chi connectivity index (χ3v) is 6.21. The molecular weight excluding hydrogens is 315 g/mol. The minimum Gasteiger partial charge on any atom is -0.461 e. The lowest BCUT2D eigenvalue weighted by molar-refractivity contribution is -0.142. The average Bonchev–Trinajstić information content (AvgIpc) is 2.98. The number of esters is 1. The maximum atomic E-state index is 13.4. The lowest BCUT2D eigenvalue weighted by Gasteiger charge is -2.46. The van der Waals surface area contributed by atoms with Gasteiger partial charge in [0.2, 0.25) is 0 Å². The maximum Gasteiger partial charge on any atom is 0.338 e. The van der Waals surface area contributed by atoms with Gasteiger partial charge in [-0.2, -0.15) is 0 Å². The Morgan fingerprint density at radius 3 is 2.65 bits per heavy atom. The van der Waals surface area contributed by atoms with Crippen LogP contribution in [0.5, 0.6) is 0 Å². The fourth-order valence-electron chi connectivity index (χ4n) is 4.44. The van der Waals surface area contributed by atoms with Crippen molar-refractivity contribution >= 4 is 23.1 Å². The summed E-state index contributed by atoms with van der Waals surface area (Å²) < 4.78 is 19.1. The second-order valence-corrected chi connectivity index (χ2v) is 7.71.